The molecule has 2 aliphatic carbocycles. The Hall–Kier alpha value is -4.36. The normalized spacial score (nSPS) is 26.3. The molecule has 0 amide bonds. The van der Waals surface area contributed by atoms with Gasteiger partial charge in [0.15, 0.2) is 6.10 Å². The molecule has 51 heavy (non-hydrogen) atoms. The molecule has 4 aromatic rings. The Morgan fingerprint density at radius 1 is 0.961 bits per heavy atom. The summed E-state index contributed by atoms with van der Waals surface area (Å²) in [5.41, 5.74) is 7.53. The highest BCUT2D eigenvalue weighted by atomic mass is 16.7. The van der Waals surface area contributed by atoms with E-state index in [1.54, 1.807) is 6.07 Å². The Morgan fingerprint density at radius 2 is 1.71 bits per heavy atom. The van der Waals surface area contributed by atoms with Crippen LogP contribution in [0, 0.1) is 25.2 Å². The minimum atomic E-state index is -1.89. The molecule has 4 heterocycles. The van der Waals surface area contributed by atoms with Crippen LogP contribution in [0.3, 0.4) is 0 Å². The van der Waals surface area contributed by atoms with E-state index in [9.17, 15) is 30.0 Å². The topological polar surface area (TPSA) is 176 Å². The molecule has 8 rings (SSSR count). The number of carbonyl (C=O) groups excluding carboxylic acids is 1. The van der Waals surface area contributed by atoms with Gasteiger partial charge in [-0.2, -0.15) is 0 Å². The Bertz CT molecular complexity index is 1970. The van der Waals surface area contributed by atoms with E-state index in [1.807, 2.05) is 19.1 Å². The lowest BCUT2D eigenvalue weighted by molar-refractivity contribution is -0.278. The van der Waals surface area contributed by atoms with Crippen molar-refractivity contribution in [2.75, 3.05) is 18.0 Å². The smallest absolute Gasteiger partial charge is 0.359 e. The molecule has 2 saturated carbocycles. The number of ether oxygens (including phenoxy) is 2. The van der Waals surface area contributed by atoms with Gasteiger partial charge in [0.1, 0.15) is 35.5 Å². The number of aliphatic hydroxyl groups is 3. The highest BCUT2D eigenvalue weighted by molar-refractivity contribution is 5.93. The molecule has 268 valence electrons. The number of nitrogens with zero attached hydrogens (tertiary/aromatic N) is 3. The molecule has 0 unspecified atom stereocenters. The summed E-state index contributed by atoms with van der Waals surface area (Å²) in [6.45, 7) is 5.93. The van der Waals surface area contributed by atoms with Gasteiger partial charge in [0.05, 0.1) is 5.52 Å². The number of aliphatic hydroxyl groups excluding tert-OH is 3. The Kier molecular flexibility index (Phi) is 8.61. The summed E-state index contributed by atoms with van der Waals surface area (Å²) in [6, 6.07) is 16.0. The number of fused-ring (bicyclic) bond motifs is 1. The minimum absolute atomic E-state index is 0.0584. The van der Waals surface area contributed by atoms with Gasteiger partial charge in [-0.15, -0.1) is 0 Å². The first-order valence-corrected chi connectivity index (χ1v) is 17.8. The van der Waals surface area contributed by atoms with E-state index in [-0.39, 0.29) is 5.69 Å². The van der Waals surface area contributed by atoms with Crippen LogP contribution in [0.1, 0.15) is 77.4 Å². The predicted octanol–water partition coefficient (Wildman–Crippen LogP) is 4.67. The SMILES string of the molecule is Cc1ccccc1-c1noc(C2CC2)c1CC1CC2(CCN(c3ccc4nc(C(=O)O[C@@H]5O[C@H](C(=O)O)[C@@H](O)[C@H](O)[C@H]5O)cc(C)c4c3)CC2)C1. The summed E-state index contributed by atoms with van der Waals surface area (Å²) in [6.07, 6.45) is -1.16. The average Bonchev–Trinajstić information content (AvgIpc) is 3.87. The second kappa shape index (κ2) is 13.0. The number of rotatable bonds is 8. The van der Waals surface area contributed by atoms with Gasteiger partial charge < -0.3 is 39.3 Å². The number of aliphatic carboxylic acids is 1. The number of hydrogen-bond donors (Lipinski definition) is 4. The number of hydrogen-bond acceptors (Lipinski definition) is 11. The maximum absolute atomic E-state index is 13.0. The third-order valence-electron chi connectivity index (χ3n) is 11.5. The van der Waals surface area contributed by atoms with E-state index in [0.717, 1.165) is 60.4 Å². The zero-order chi connectivity index (χ0) is 35.6. The summed E-state index contributed by atoms with van der Waals surface area (Å²) < 4.78 is 16.3. The van der Waals surface area contributed by atoms with E-state index in [4.69, 9.17) is 14.0 Å². The number of pyridine rings is 1. The third kappa shape index (κ3) is 6.28. The van der Waals surface area contributed by atoms with Crippen LogP contribution in [0.4, 0.5) is 5.69 Å². The van der Waals surface area contributed by atoms with Crippen molar-refractivity contribution in [2.45, 2.75) is 95.4 Å². The molecule has 5 atom stereocenters. The minimum Gasteiger partial charge on any atom is -0.479 e. The number of aryl methyl sites for hydroxylation is 2. The maximum atomic E-state index is 13.0. The lowest BCUT2D eigenvalue weighted by Gasteiger charge is -2.53. The number of anilines is 1. The van der Waals surface area contributed by atoms with Crippen LogP contribution >= 0.6 is 0 Å². The molecule has 0 bridgehead atoms. The summed E-state index contributed by atoms with van der Waals surface area (Å²) >= 11 is 0. The summed E-state index contributed by atoms with van der Waals surface area (Å²) in [7, 11) is 0. The van der Waals surface area contributed by atoms with Gasteiger partial charge in [0, 0.05) is 41.2 Å². The van der Waals surface area contributed by atoms with E-state index >= 15 is 0 Å². The summed E-state index contributed by atoms with van der Waals surface area (Å²) in [4.78, 5) is 31.3. The Labute approximate surface area is 295 Å². The Balaban J connectivity index is 0.903. The van der Waals surface area contributed by atoms with Crippen molar-refractivity contribution in [3.05, 3.63) is 76.7 Å². The summed E-state index contributed by atoms with van der Waals surface area (Å²) in [5.74, 6) is -0.257. The van der Waals surface area contributed by atoms with Gasteiger partial charge in [0.25, 0.3) is 0 Å². The first kappa shape index (κ1) is 33.8. The molecule has 12 nitrogen and oxygen atoms in total. The molecule has 4 aliphatic rings. The van der Waals surface area contributed by atoms with Crippen molar-refractivity contribution in [3.63, 3.8) is 0 Å². The molecule has 0 radical (unpaired) electrons. The fraction of sp³-hybridized carbons (Fsp3) is 0.487. The molecule has 2 aliphatic heterocycles. The number of benzene rings is 2. The van der Waals surface area contributed by atoms with Crippen LogP contribution in [0.5, 0.6) is 0 Å². The van der Waals surface area contributed by atoms with Crippen LogP contribution < -0.4 is 4.90 Å². The Morgan fingerprint density at radius 3 is 2.41 bits per heavy atom. The van der Waals surface area contributed by atoms with Crippen LogP contribution in [-0.4, -0.2) is 86.3 Å². The van der Waals surface area contributed by atoms with E-state index < -0.39 is 42.6 Å². The van der Waals surface area contributed by atoms with Crippen molar-refractivity contribution in [1.29, 1.82) is 0 Å². The second-order valence-electron chi connectivity index (χ2n) is 15.1. The molecule has 2 aromatic heterocycles. The third-order valence-corrected chi connectivity index (χ3v) is 11.5. The highest BCUT2D eigenvalue weighted by Crippen LogP contribution is 2.55. The van der Waals surface area contributed by atoms with E-state index in [2.05, 4.69) is 52.3 Å². The molecule has 2 saturated heterocycles. The van der Waals surface area contributed by atoms with E-state index in [1.165, 1.54) is 42.4 Å². The zero-order valence-electron chi connectivity index (χ0n) is 28.7. The lowest BCUT2D eigenvalue weighted by Crippen LogP contribution is -2.60. The molecule has 12 heteroatoms. The first-order chi connectivity index (χ1) is 24.5. The van der Waals surface area contributed by atoms with E-state index in [0.29, 0.717) is 22.8 Å². The maximum Gasteiger partial charge on any atom is 0.359 e. The number of piperidine rings is 1. The van der Waals surface area contributed by atoms with Crippen molar-refractivity contribution in [3.8, 4) is 11.3 Å². The van der Waals surface area contributed by atoms with Crippen LogP contribution in [0.15, 0.2) is 53.1 Å². The van der Waals surface area contributed by atoms with Gasteiger partial charge in [-0.05, 0) is 106 Å². The molecular formula is C39H43N3O9. The first-order valence-electron chi connectivity index (χ1n) is 17.8. The van der Waals surface area contributed by atoms with Gasteiger partial charge in [-0.25, -0.2) is 14.6 Å². The fourth-order valence-electron chi connectivity index (χ4n) is 8.48. The monoisotopic (exact) mass is 697 g/mol. The lowest BCUT2D eigenvalue weighted by atomic mass is 9.56. The number of carboxylic acids is 1. The molecule has 2 aromatic carbocycles. The van der Waals surface area contributed by atoms with Crippen molar-refractivity contribution >= 4 is 28.5 Å². The molecule has 4 N–H and O–H groups in total. The van der Waals surface area contributed by atoms with Crippen LogP contribution in [0.2, 0.25) is 0 Å². The van der Waals surface area contributed by atoms with Gasteiger partial charge in [-0.3, -0.25) is 0 Å². The van der Waals surface area contributed by atoms with Crippen LogP contribution in [-0.2, 0) is 20.7 Å². The number of carbonyl (C=O) groups is 2. The number of aromatic nitrogens is 2. The zero-order valence-corrected chi connectivity index (χ0v) is 28.7. The molecular weight excluding hydrogens is 654 g/mol. The number of esters is 1. The van der Waals surface area contributed by atoms with Gasteiger partial charge in [-0.1, -0.05) is 29.4 Å². The molecule has 1 spiro atoms. The van der Waals surface area contributed by atoms with Gasteiger partial charge in [0.2, 0.25) is 6.29 Å². The molecule has 4 fully saturated rings. The quantitative estimate of drug-likeness (QED) is 0.188. The van der Waals surface area contributed by atoms with Crippen molar-refractivity contribution in [2.24, 2.45) is 11.3 Å². The van der Waals surface area contributed by atoms with Crippen molar-refractivity contribution < 1.29 is 44.0 Å². The highest BCUT2D eigenvalue weighted by Gasteiger charge is 2.49. The second-order valence-corrected chi connectivity index (χ2v) is 15.1. The van der Waals surface area contributed by atoms with Crippen LogP contribution in [0.25, 0.3) is 22.2 Å². The average molecular weight is 698 g/mol. The number of carboxylic acid groups (broad SMARTS) is 1. The summed E-state index contributed by atoms with van der Waals surface area (Å²) in [5, 5.41) is 45.0. The van der Waals surface area contributed by atoms with Gasteiger partial charge >= 0.3 is 11.9 Å². The fourth-order valence-corrected chi connectivity index (χ4v) is 8.48. The van der Waals surface area contributed by atoms with Crippen molar-refractivity contribution in [1.82, 2.24) is 10.1 Å². The predicted molar refractivity (Wildman–Crippen MR) is 185 cm³/mol. The standard InChI is InChI=1S/C39H43N3O9/c1-20-5-3-4-6-25(20)30-27(34(51-41-30)23-7-8-23)16-22-18-39(19-22)11-13-42(14-12-39)24-9-10-28-26(17-24)21(2)15-29(40-28)37(48)50-38-33(45)31(43)32(44)35(49-38)36(46)47/h3-6,9-10,15,17,22-23,31-33,35,38,43-45H,7-8,11-14,16,18-19H2,1-2H3,(H,46,47)/t31-,32-,33+,35-,38-/m0/s1. The largest absolute Gasteiger partial charge is 0.479 e.